The van der Waals surface area contributed by atoms with Crippen LogP contribution in [0, 0.1) is 0 Å². The summed E-state index contributed by atoms with van der Waals surface area (Å²) in [5.41, 5.74) is 7.35. The lowest BCUT2D eigenvalue weighted by atomic mass is 9.98. The van der Waals surface area contributed by atoms with Crippen molar-refractivity contribution in [3.8, 4) is 0 Å². The van der Waals surface area contributed by atoms with Crippen molar-refractivity contribution in [2.45, 2.75) is 64.6 Å². The number of aromatic nitrogens is 2. The minimum absolute atomic E-state index is 0.0117. The Balaban J connectivity index is 1.63. The van der Waals surface area contributed by atoms with Gasteiger partial charge in [0.05, 0.1) is 0 Å². The smallest absolute Gasteiger partial charge is 0.410 e. The Hall–Kier alpha value is -2.37. The maximum atomic E-state index is 12.4. The van der Waals surface area contributed by atoms with Crippen LogP contribution in [0.15, 0.2) is 0 Å². The van der Waals surface area contributed by atoms with Crippen LogP contribution in [0.3, 0.4) is 0 Å². The van der Waals surface area contributed by atoms with Gasteiger partial charge < -0.3 is 20.3 Å². The van der Waals surface area contributed by atoms with Crippen LogP contribution in [0.1, 0.15) is 57.4 Å². The SMILES string of the molecule is CC[C@H]1CN(c2nc(N)c(C(=O)NN)nc2Cl)CCN1C1CCN(C(=O)OC(C)(C)C)CC1. The third-order valence-corrected chi connectivity index (χ3v) is 6.35. The maximum Gasteiger partial charge on any atom is 0.410 e. The first kappa shape index (κ1) is 25.3. The fourth-order valence-electron chi connectivity index (χ4n) is 4.47. The van der Waals surface area contributed by atoms with E-state index in [2.05, 4.69) is 26.7 Å². The molecule has 2 saturated heterocycles. The van der Waals surface area contributed by atoms with E-state index in [0.717, 1.165) is 32.4 Å². The Labute approximate surface area is 199 Å². The molecule has 0 bridgehead atoms. The highest BCUT2D eigenvalue weighted by Gasteiger charge is 2.36. The Morgan fingerprint density at radius 1 is 1.18 bits per heavy atom. The van der Waals surface area contributed by atoms with Gasteiger partial charge in [0.2, 0.25) is 0 Å². The molecule has 0 radical (unpaired) electrons. The highest BCUT2D eigenvalue weighted by molar-refractivity contribution is 6.32. The van der Waals surface area contributed by atoms with Crippen molar-refractivity contribution in [3.05, 3.63) is 10.8 Å². The van der Waals surface area contributed by atoms with Crippen LogP contribution < -0.4 is 21.9 Å². The number of piperidine rings is 1. The van der Waals surface area contributed by atoms with E-state index in [1.807, 2.05) is 26.2 Å². The van der Waals surface area contributed by atoms with Crippen LogP contribution in [-0.4, -0.2) is 82.2 Å². The normalized spacial score (nSPS) is 20.6. The number of nitrogens with zero attached hydrogens (tertiary/aromatic N) is 5. The quantitative estimate of drug-likeness (QED) is 0.331. The zero-order chi connectivity index (χ0) is 24.3. The highest BCUT2D eigenvalue weighted by atomic mass is 35.5. The number of ether oxygens (including phenoxy) is 1. The molecule has 3 rings (SSSR count). The minimum Gasteiger partial charge on any atom is -0.444 e. The fraction of sp³-hybridized carbons (Fsp3) is 0.714. The topological polar surface area (TPSA) is 143 Å². The number of rotatable bonds is 4. The van der Waals surface area contributed by atoms with Gasteiger partial charge in [0.15, 0.2) is 22.5 Å². The molecule has 1 aromatic heterocycles. The highest BCUT2D eigenvalue weighted by Crippen LogP contribution is 2.30. The molecule has 3 heterocycles. The van der Waals surface area contributed by atoms with E-state index in [9.17, 15) is 9.59 Å². The molecule has 0 aliphatic carbocycles. The molecule has 0 spiro atoms. The predicted molar refractivity (Wildman–Crippen MR) is 127 cm³/mol. The Morgan fingerprint density at radius 2 is 1.85 bits per heavy atom. The molecule has 0 aromatic carbocycles. The van der Waals surface area contributed by atoms with Crippen molar-refractivity contribution in [2.75, 3.05) is 43.4 Å². The second-order valence-electron chi connectivity index (χ2n) is 9.49. The summed E-state index contributed by atoms with van der Waals surface area (Å²) in [5, 5.41) is 0.122. The monoisotopic (exact) mass is 482 g/mol. The van der Waals surface area contributed by atoms with E-state index >= 15 is 0 Å². The van der Waals surface area contributed by atoms with Gasteiger partial charge >= 0.3 is 6.09 Å². The molecule has 0 saturated carbocycles. The van der Waals surface area contributed by atoms with Gasteiger partial charge in [-0.3, -0.25) is 15.1 Å². The van der Waals surface area contributed by atoms with Gasteiger partial charge in [0.25, 0.3) is 5.91 Å². The molecule has 0 unspecified atom stereocenters. The summed E-state index contributed by atoms with van der Waals surface area (Å²) in [6.07, 6.45) is 2.53. The largest absolute Gasteiger partial charge is 0.444 e. The summed E-state index contributed by atoms with van der Waals surface area (Å²) in [5.74, 6) is 4.99. The van der Waals surface area contributed by atoms with Gasteiger partial charge in [-0.15, -0.1) is 0 Å². The number of carbonyl (C=O) groups is 2. The first-order chi connectivity index (χ1) is 15.5. The van der Waals surface area contributed by atoms with Gasteiger partial charge in [-0.05, 0) is 40.0 Å². The lowest BCUT2D eigenvalue weighted by Crippen LogP contribution is -2.59. The number of anilines is 2. The van der Waals surface area contributed by atoms with Gasteiger partial charge in [-0.2, -0.15) is 0 Å². The number of halogens is 1. The number of nitrogens with two attached hydrogens (primary N) is 2. The van der Waals surface area contributed by atoms with E-state index in [4.69, 9.17) is 27.9 Å². The molecule has 11 nitrogen and oxygen atoms in total. The fourth-order valence-corrected chi connectivity index (χ4v) is 4.71. The van der Waals surface area contributed by atoms with Crippen molar-refractivity contribution in [1.29, 1.82) is 0 Å². The van der Waals surface area contributed by atoms with Crippen molar-refractivity contribution in [1.82, 2.24) is 25.2 Å². The number of hydrogen-bond donors (Lipinski definition) is 3. The Kier molecular flexibility index (Phi) is 7.86. The first-order valence-corrected chi connectivity index (χ1v) is 11.7. The van der Waals surface area contributed by atoms with Crippen LogP contribution in [0.4, 0.5) is 16.4 Å². The number of likely N-dealkylation sites (tertiary alicyclic amines) is 1. The van der Waals surface area contributed by atoms with Gasteiger partial charge in [-0.25, -0.2) is 20.6 Å². The summed E-state index contributed by atoms with van der Waals surface area (Å²) in [6, 6.07) is 0.695. The summed E-state index contributed by atoms with van der Waals surface area (Å²) in [4.78, 5) is 39.0. The molecule has 2 aliphatic heterocycles. The van der Waals surface area contributed by atoms with Crippen LogP contribution in [0.5, 0.6) is 0 Å². The maximum absolute atomic E-state index is 12.4. The number of amides is 2. The lowest BCUT2D eigenvalue weighted by molar-refractivity contribution is 0.00943. The molecule has 1 aromatic rings. The molecule has 184 valence electrons. The Morgan fingerprint density at radius 3 is 2.42 bits per heavy atom. The number of hydrogen-bond acceptors (Lipinski definition) is 9. The molecular weight excluding hydrogens is 448 g/mol. The number of carbonyl (C=O) groups excluding carboxylic acids is 2. The minimum atomic E-state index is -0.637. The van der Waals surface area contributed by atoms with Crippen molar-refractivity contribution < 1.29 is 14.3 Å². The van der Waals surface area contributed by atoms with Crippen molar-refractivity contribution in [2.24, 2.45) is 5.84 Å². The van der Waals surface area contributed by atoms with E-state index in [1.165, 1.54) is 0 Å². The number of nitrogens with one attached hydrogen (secondary N) is 1. The summed E-state index contributed by atoms with van der Waals surface area (Å²) >= 11 is 6.35. The van der Waals surface area contributed by atoms with Gasteiger partial charge in [0, 0.05) is 44.8 Å². The van der Waals surface area contributed by atoms with Crippen LogP contribution in [0.25, 0.3) is 0 Å². The third-order valence-electron chi connectivity index (χ3n) is 6.09. The molecule has 5 N–H and O–H groups in total. The van der Waals surface area contributed by atoms with Crippen molar-refractivity contribution in [3.63, 3.8) is 0 Å². The molecule has 12 heteroatoms. The van der Waals surface area contributed by atoms with E-state index in [-0.39, 0.29) is 22.8 Å². The summed E-state index contributed by atoms with van der Waals surface area (Å²) < 4.78 is 5.51. The predicted octanol–water partition coefficient (Wildman–Crippen LogP) is 1.62. The standard InChI is InChI=1S/C21H35ClN8O3/c1-5-13-12-29(18-16(22)25-15(17(23)26-18)19(31)27-24)10-11-30(13)14-6-8-28(9-7-14)20(32)33-21(2,3)4/h13-14H,5-12,24H2,1-4H3,(H2,23,26)(H,27,31)/t13-/m0/s1. The summed E-state index contributed by atoms with van der Waals surface area (Å²) in [7, 11) is 0. The second-order valence-corrected chi connectivity index (χ2v) is 9.85. The van der Waals surface area contributed by atoms with E-state index in [0.29, 0.717) is 37.5 Å². The lowest BCUT2D eigenvalue weighted by Gasteiger charge is -2.47. The third kappa shape index (κ3) is 5.96. The second kappa shape index (κ2) is 10.3. The summed E-state index contributed by atoms with van der Waals surface area (Å²) in [6.45, 7) is 11.4. The molecule has 33 heavy (non-hydrogen) atoms. The number of piperazine rings is 1. The van der Waals surface area contributed by atoms with Crippen LogP contribution >= 0.6 is 11.6 Å². The number of hydrazine groups is 1. The van der Waals surface area contributed by atoms with Crippen LogP contribution in [0.2, 0.25) is 5.15 Å². The average molecular weight is 483 g/mol. The molecular formula is C21H35ClN8O3. The Bertz CT molecular complexity index is 870. The van der Waals surface area contributed by atoms with E-state index < -0.39 is 11.5 Å². The average Bonchev–Trinajstić information content (AvgIpc) is 2.78. The zero-order valence-electron chi connectivity index (χ0n) is 19.8. The zero-order valence-corrected chi connectivity index (χ0v) is 20.6. The first-order valence-electron chi connectivity index (χ1n) is 11.4. The van der Waals surface area contributed by atoms with Gasteiger partial charge in [-0.1, -0.05) is 18.5 Å². The van der Waals surface area contributed by atoms with Gasteiger partial charge in [0.1, 0.15) is 5.60 Å². The molecule has 2 fully saturated rings. The number of nitrogen functional groups attached to an aromatic ring is 2. The molecule has 1 atom stereocenters. The van der Waals surface area contributed by atoms with Crippen LogP contribution in [-0.2, 0) is 4.74 Å². The van der Waals surface area contributed by atoms with E-state index in [1.54, 1.807) is 4.90 Å². The molecule has 2 amide bonds. The van der Waals surface area contributed by atoms with Crippen molar-refractivity contribution >= 4 is 35.2 Å². The molecule has 2 aliphatic rings.